The van der Waals surface area contributed by atoms with Crippen molar-refractivity contribution in [2.45, 2.75) is 26.7 Å². The van der Waals surface area contributed by atoms with Gasteiger partial charge in [0, 0.05) is 18.8 Å². The van der Waals surface area contributed by atoms with E-state index in [1.165, 1.54) is 32.5 Å². The highest BCUT2D eigenvalue weighted by Crippen LogP contribution is 2.15. The first kappa shape index (κ1) is 13.9. The number of aryl methyl sites for hydroxylation is 1. The number of likely N-dealkylation sites (tertiary alicyclic amines) is 1. The third-order valence-corrected chi connectivity index (χ3v) is 3.77. The minimum atomic E-state index is 0.647. The van der Waals surface area contributed by atoms with Gasteiger partial charge in [-0.25, -0.2) is 0 Å². The van der Waals surface area contributed by atoms with Crippen molar-refractivity contribution in [1.29, 1.82) is 5.26 Å². The first-order valence-electron chi connectivity index (χ1n) is 7.16. The first-order chi connectivity index (χ1) is 9.19. The molecule has 0 spiro atoms. The van der Waals surface area contributed by atoms with Gasteiger partial charge in [0.2, 0.25) is 0 Å². The fraction of sp³-hybridized carbons (Fsp3) is 0.562. The fourth-order valence-corrected chi connectivity index (χ4v) is 2.66. The molecule has 2 rings (SSSR count). The summed E-state index contributed by atoms with van der Waals surface area (Å²) in [5.41, 5.74) is 2.92. The maximum Gasteiger partial charge on any atom is 0.0994 e. The number of nitrogens with zero attached hydrogens (tertiary/aromatic N) is 2. The van der Waals surface area contributed by atoms with Crippen molar-refractivity contribution in [1.82, 2.24) is 4.90 Å². The highest BCUT2D eigenvalue weighted by atomic mass is 15.1. The summed E-state index contributed by atoms with van der Waals surface area (Å²) in [6, 6.07) is 8.14. The molecule has 1 unspecified atom stereocenters. The van der Waals surface area contributed by atoms with E-state index in [9.17, 15) is 0 Å². The van der Waals surface area contributed by atoms with Crippen LogP contribution < -0.4 is 5.32 Å². The molecule has 3 nitrogen and oxygen atoms in total. The van der Waals surface area contributed by atoms with Gasteiger partial charge in [0.25, 0.3) is 0 Å². The van der Waals surface area contributed by atoms with Gasteiger partial charge < -0.3 is 10.2 Å². The van der Waals surface area contributed by atoms with Gasteiger partial charge in [0.1, 0.15) is 0 Å². The summed E-state index contributed by atoms with van der Waals surface area (Å²) in [7, 11) is 0. The van der Waals surface area contributed by atoms with Crippen LogP contribution in [0.1, 0.15) is 30.9 Å². The van der Waals surface area contributed by atoms with Gasteiger partial charge in [-0.15, -0.1) is 0 Å². The Labute approximate surface area is 116 Å². The zero-order valence-corrected chi connectivity index (χ0v) is 11.9. The molecule has 1 atom stereocenters. The second-order valence-corrected chi connectivity index (χ2v) is 5.64. The van der Waals surface area contributed by atoms with Gasteiger partial charge in [-0.2, -0.15) is 5.26 Å². The molecule has 0 radical (unpaired) electrons. The molecule has 102 valence electrons. The van der Waals surface area contributed by atoms with Gasteiger partial charge in [-0.3, -0.25) is 0 Å². The van der Waals surface area contributed by atoms with Crippen LogP contribution in [0, 0.1) is 24.2 Å². The van der Waals surface area contributed by atoms with Crippen LogP contribution in [0.5, 0.6) is 0 Å². The van der Waals surface area contributed by atoms with Gasteiger partial charge in [-0.05, 0) is 62.5 Å². The highest BCUT2D eigenvalue weighted by molar-refractivity contribution is 5.51. The molecular weight excluding hydrogens is 234 g/mol. The third kappa shape index (κ3) is 3.97. The summed E-state index contributed by atoms with van der Waals surface area (Å²) in [5.74, 6) is 0.647. The highest BCUT2D eigenvalue weighted by Gasteiger charge is 2.14. The fourth-order valence-electron chi connectivity index (χ4n) is 2.66. The van der Waals surface area contributed by atoms with E-state index in [-0.39, 0.29) is 0 Å². The predicted molar refractivity (Wildman–Crippen MR) is 79.2 cm³/mol. The molecule has 1 saturated heterocycles. The molecule has 1 aromatic carbocycles. The van der Waals surface area contributed by atoms with Gasteiger partial charge >= 0.3 is 0 Å². The molecule has 0 aliphatic carbocycles. The molecular formula is C16H23N3. The van der Waals surface area contributed by atoms with Crippen molar-refractivity contribution in [3.05, 3.63) is 29.3 Å². The lowest BCUT2D eigenvalue weighted by molar-refractivity contribution is 0.294. The van der Waals surface area contributed by atoms with E-state index in [2.05, 4.69) is 29.3 Å². The predicted octanol–water partition coefficient (Wildman–Crippen LogP) is 3.01. The maximum absolute atomic E-state index is 8.91. The SMILES string of the molecule is Cc1cc(NCC(C)CN2CCCC2)ccc1C#N. The van der Waals surface area contributed by atoms with E-state index in [1.807, 2.05) is 19.1 Å². The van der Waals surface area contributed by atoms with Gasteiger partial charge in [0.15, 0.2) is 0 Å². The third-order valence-electron chi connectivity index (χ3n) is 3.77. The number of nitrogens with one attached hydrogen (secondary N) is 1. The molecule has 1 N–H and O–H groups in total. The summed E-state index contributed by atoms with van der Waals surface area (Å²) in [6.07, 6.45) is 2.71. The maximum atomic E-state index is 8.91. The van der Waals surface area contributed by atoms with Crippen molar-refractivity contribution in [2.75, 3.05) is 31.5 Å². The Morgan fingerprint density at radius 3 is 2.74 bits per heavy atom. The largest absolute Gasteiger partial charge is 0.385 e. The molecule has 19 heavy (non-hydrogen) atoms. The van der Waals surface area contributed by atoms with Crippen LogP contribution >= 0.6 is 0 Å². The Hall–Kier alpha value is -1.53. The average Bonchev–Trinajstić information content (AvgIpc) is 2.89. The van der Waals surface area contributed by atoms with Gasteiger partial charge in [-0.1, -0.05) is 6.92 Å². The molecule has 1 aliphatic rings. The Kier molecular flexibility index (Phi) is 4.81. The summed E-state index contributed by atoms with van der Waals surface area (Å²) in [6.45, 7) is 8.98. The number of rotatable bonds is 5. The Balaban J connectivity index is 1.81. The van der Waals surface area contributed by atoms with E-state index >= 15 is 0 Å². The summed E-state index contributed by atoms with van der Waals surface area (Å²) in [5, 5.41) is 12.4. The Morgan fingerprint density at radius 2 is 2.11 bits per heavy atom. The van der Waals surface area contributed by atoms with Crippen molar-refractivity contribution < 1.29 is 0 Å². The van der Waals surface area contributed by atoms with Crippen LogP contribution in [0.3, 0.4) is 0 Å². The lowest BCUT2D eigenvalue weighted by atomic mass is 10.1. The van der Waals surface area contributed by atoms with Crippen LogP contribution in [0.15, 0.2) is 18.2 Å². The zero-order chi connectivity index (χ0) is 13.7. The number of hydrogen-bond donors (Lipinski definition) is 1. The van der Waals surface area contributed by atoms with E-state index in [4.69, 9.17) is 5.26 Å². The van der Waals surface area contributed by atoms with E-state index < -0.39 is 0 Å². The van der Waals surface area contributed by atoms with Crippen LogP contribution in [-0.2, 0) is 0 Å². The smallest absolute Gasteiger partial charge is 0.0994 e. The summed E-state index contributed by atoms with van der Waals surface area (Å²) in [4.78, 5) is 2.55. The van der Waals surface area contributed by atoms with Crippen molar-refractivity contribution >= 4 is 5.69 Å². The minimum Gasteiger partial charge on any atom is -0.385 e. The van der Waals surface area contributed by atoms with E-state index in [1.54, 1.807) is 0 Å². The average molecular weight is 257 g/mol. The Bertz CT molecular complexity index is 456. The molecule has 0 aromatic heterocycles. The van der Waals surface area contributed by atoms with Crippen LogP contribution in [0.4, 0.5) is 5.69 Å². The van der Waals surface area contributed by atoms with Gasteiger partial charge in [0.05, 0.1) is 11.6 Å². The molecule has 1 aromatic rings. The molecule has 1 aliphatic heterocycles. The molecule has 1 fully saturated rings. The molecule has 1 heterocycles. The molecule has 0 saturated carbocycles. The van der Waals surface area contributed by atoms with Crippen LogP contribution in [-0.4, -0.2) is 31.1 Å². The monoisotopic (exact) mass is 257 g/mol. The minimum absolute atomic E-state index is 0.647. The summed E-state index contributed by atoms with van der Waals surface area (Å²) < 4.78 is 0. The van der Waals surface area contributed by atoms with E-state index in [0.29, 0.717) is 5.92 Å². The molecule has 0 bridgehead atoms. The Morgan fingerprint density at radius 1 is 1.37 bits per heavy atom. The van der Waals surface area contributed by atoms with E-state index in [0.717, 1.165) is 23.4 Å². The second-order valence-electron chi connectivity index (χ2n) is 5.64. The topological polar surface area (TPSA) is 39.1 Å². The quantitative estimate of drug-likeness (QED) is 0.881. The second kappa shape index (κ2) is 6.58. The number of hydrogen-bond acceptors (Lipinski definition) is 3. The number of benzene rings is 1. The molecule has 3 heteroatoms. The zero-order valence-electron chi connectivity index (χ0n) is 11.9. The van der Waals surface area contributed by atoms with Crippen molar-refractivity contribution in [3.8, 4) is 6.07 Å². The van der Waals surface area contributed by atoms with Crippen molar-refractivity contribution in [2.24, 2.45) is 5.92 Å². The van der Waals surface area contributed by atoms with Crippen LogP contribution in [0.2, 0.25) is 0 Å². The molecule has 0 amide bonds. The lowest BCUT2D eigenvalue weighted by Crippen LogP contribution is -2.28. The number of anilines is 1. The number of nitriles is 1. The summed E-state index contributed by atoms with van der Waals surface area (Å²) >= 11 is 0. The first-order valence-corrected chi connectivity index (χ1v) is 7.16. The normalized spacial score (nSPS) is 17.1. The van der Waals surface area contributed by atoms with Crippen LogP contribution in [0.25, 0.3) is 0 Å². The lowest BCUT2D eigenvalue weighted by Gasteiger charge is -2.21. The standard InChI is InChI=1S/C16H23N3/c1-13(12-19-7-3-4-8-19)11-18-16-6-5-15(10-17)14(2)9-16/h5-6,9,13,18H,3-4,7-8,11-12H2,1-2H3. The van der Waals surface area contributed by atoms with Crippen molar-refractivity contribution in [3.63, 3.8) is 0 Å².